The van der Waals surface area contributed by atoms with Crippen LogP contribution in [0.25, 0.3) is 0 Å². The van der Waals surface area contributed by atoms with Gasteiger partial charge in [0.25, 0.3) is 0 Å². The second kappa shape index (κ2) is 12.4. The topological polar surface area (TPSA) is 115 Å². The first-order chi connectivity index (χ1) is 15.5. The number of benzene rings is 1. The van der Waals surface area contributed by atoms with Gasteiger partial charge >= 0.3 is 26.2 Å². The van der Waals surface area contributed by atoms with Gasteiger partial charge in [-0.05, 0) is 69.8 Å². The Morgan fingerprint density at radius 3 is 1.85 bits per heavy atom. The lowest BCUT2D eigenvalue weighted by Gasteiger charge is -2.32. The SMILES string of the molecule is CC(=O)OC(C)=O.Cc1cc(B2OC(C)(C)C(C)(C)O2)cc(Cl)n1.OB(O)c1ccc(F)cc1. The Morgan fingerprint density at radius 1 is 1.03 bits per heavy atom. The minimum absolute atomic E-state index is 0.293. The number of aryl methyl sites for hydroxylation is 1. The Balaban J connectivity index is 0.000000289. The van der Waals surface area contributed by atoms with E-state index in [2.05, 4.69) is 9.72 Å². The minimum Gasteiger partial charge on any atom is -0.423 e. The zero-order valence-corrected chi connectivity index (χ0v) is 21.0. The summed E-state index contributed by atoms with van der Waals surface area (Å²) in [4.78, 5) is 23.8. The monoisotopic (exact) mass is 495 g/mol. The maximum atomic E-state index is 12.2. The van der Waals surface area contributed by atoms with Crippen molar-refractivity contribution >= 4 is 48.7 Å². The summed E-state index contributed by atoms with van der Waals surface area (Å²) >= 11 is 5.95. The number of hydrogen-bond acceptors (Lipinski definition) is 8. The van der Waals surface area contributed by atoms with Crippen LogP contribution in [0.3, 0.4) is 0 Å². The molecule has 1 aliphatic heterocycles. The van der Waals surface area contributed by atoms with Crippen LogP contribution in [0.1, 0.15) is 47.2 Å². The maximum Gasteiger partial charge on any atom is 0.495 e. The van der Waals surface area contributed by atoms with Crippen LogP contribution in [0.2, 0.25) is 5.15 Å². The van der Waals surface area contributed by atoms with Crippen molar-refractivity contribution in [3.05, 3.63) is 53.1 Å². The largest absolute Gasteiger partial charge is 0.495 e. The minimum atomic E-state index is -1.51. The Kier molecular flexibility index (Phi) is 10.9. The molecule has 12 heteroatoms. The number of carbonyl (C=O) groups excluding carboxylic acids is 2. The first-order valence-corrected chi connectivity index (χ1v) is 10.7. The van der Waals surface area contributed by atoms with E-state index in [1.165, 1.54) is 38.1 Å². The van der Waals surface area contributed by atoms with Crippen molar-refractivity contribution in [3.63, 3.8) is 0 Å². The number of nitrogens with zero attached hydrogens (tertiary/aromatic N) is 1. The van der Waals surface area contributed by atoms with Gasteiger partial charge in [-0.3, -0.25) is 9.59 Å². The Bertz CT molecular complexity index is 939. The number of pyridine rings is 1. The van der Waals surface area contributed by atoms with Gasteiger partial charge < -0.3 is 24.1 Å². The number of ether oxygens (including phenoxy) is 1. The number of halogens is 2. The molecule has 1 saturated heterocycles. The smallest absolute Gasteiger partial charge is 0.423 e. The number of aromatic nitrogens is 1. The van der Waals surface area contributed by atoms with Crippen LogP contribution in [0.4, 0.5) is 4.39 Å². The van der Waals surface area contributed by atoms with E-state index < -0.39 is 19.1 Å². The molecule has 184 valence electrons. The summed E-state index contributed by atoms with van der Waals surface area (Å²) in [6.07, 6.45) is 0. The Morgan fingerprint density at radius 2 is 1.50 bits per heavy atom. The third kappa shape index (κ3) is 9.52. The molecule has 1 aliphatic rings. The zero-order valence-electron chi connectivity index (χ0n) is 20.3. The third-order valence-corrected chi connectivity index (χ3v) is 5.12. The van der Waals surface area contributed by atoms with E-state index in [9.17, 15) is 14.0 Å². The first-order valence-electron chi connectivity index (χ1n) is 10.3. The molecule has 2 heterocycles. The molecular weight excluding hydrogens is 466 g/mol. The van der Waals surface area contributed by atoms with Crippen molar-refractivity contribution in [2.75, 3.05) is 0 Å². The summed E-state index contributed by atoms with van der Waals surface area (Å²) in [7, 11) is -1.89. The first kappa shape index (κ1) is 29.7. The number of carbonyl (C=O) groups is 2. The third-order valence-electron chi connectivity index (χ3n) is 4.93. The van der Waals surface area contributed by atoms with Crippen molar-refractivity contribution in [1.29, 1.82) is 0 Å². The van der Waals surface area contributed by atoms with Crippen LogP contribution >= 0.6 is 11.6 Å². The van der Waals surface area contributed by atoms with Gasteiger partial charge in [-0.25, -0.2) is 9.37 Å². The van der Waals surface area contributed by atoms with Crippen LogP contribution in [-0.2, 0) is 23.6 Å². The molecular formula is C22H29B2ClFNO7. The lowest BCUT2D eigenvalue weighted by Crippen LogP contribution is -2.41. The summed E-state index contributed by atoms with van der Waals surface area (Å²) in [5, 5.41) is 17.6. The molecule has 0 spiro atoms. The molecule has 3 rings (SSSR count). The lowest BCUT2D eigenvalue weighted by molar-refractivity contribution is -0.156. The number of hydrogen-bond donors (Lipinski definition) is 2. The predicted octanol–water partition coefficient (Wildman–Crippen LogP) is 1.94. The van der Waals surface area contributed by atoms with E-state index in [1.807, 2.05) is 40.7 Å². The summed E-state index contributed by atoms with van der Waals surface area (Å²) in [6, 6.07) is 8.72. The predicted molar refractivity (Wildman–Crippen MR) is 128 cm³/mol. The molecule has 0 bridgehead atoms. The molecule has 0 amide bonds. The van der Waals surface area contributed by atoms with Gasteiger partial charge in [0.2, 0.25) is 0 Å². The summed E-state index contributed by atoms with van der Waals surface area (Å²) < 4.78 is 28.1. The second-order valence-corrected chi connectivity index (χ2v) is 8.85. The molecule has 0 saturated carbocycles. The molecule has 1 aromatic carbocycles. The summed E-state index contributed by atoms with van der Waals surface area (Å²) in [6.45, 7) is 12.4. The van der Waals surface area contributed by atoms with Crippen molar-refractivity contribution in [3.8, 4) is 0 Å². The summed E-state index contributed by atoms with van der Waals surface area (Å²) in [5.41, 5.74) is 1.41. The van der Waals surface area contributed by atoms with Crippen LogP contribution < -0.4 is 10.9 Å². The molecule has 1 aromatic heterocycles. The second-order valence-electron chi connectivity index (χ2n) is 8.46. The lowest BCUT2D eigenvalue weighted by atomic mass is 9.79. The van der Waals surface area contributed by atoms with Gasteiger partial charge in [0.15, 0.2) is 0 Å². The van der Waals surface area contributed by atoms with E-state index in [4.69, 9.17) is 31.0 Å². The van der Waals surface area contributed by atoms with Crippen LogP contribution in [-0.4, -0.2) is 52.4 Å². The van der Waals surface area contributed by atoms with E-state index in [0.717, 1.165) is 11.2 Å². The highest BCUT2D eigenvalue weighted by Crippen LogP contribution is 2.36. The maximum absolute atomic E-state index is 12.2. The van der Waals surface area contributed by atoms with Crippen molar-refractivity contribution in [1.82, 2.24) is 4.98 Å². The molecule has 8 nitrogen and oxygen atoms in total. The van der Waals surface area contributed by atoms with E-state index in [1.54, 1.807) is 6.07 Å². The normalized spacial score (nSPS) is 15.3. The Hall–Kier alpha value is -2.30. The average Bonchev–Trinajstić information content (AvgIpc) is 2.89. The highest BCUT2D eigenvalue weighted by Gasteiger charge is 2.51. The van der Waals surface area contributed by atoms with Crippen molar-refractivity contribution < 1.29 is 38.1 Å². The van der Waals surface area contributed by atoms with Gasteiger partial charge in [0.1, 0.15) is 11.0 Å². The zero-order chi connectivity index (χ0) is 26.3. The average molecular weight is 496 g/mol. The number of rotatable bonds is 2. The van der Waals surface area contributed by atoms with E-state index in [-0.39, 0.29) is 24.1 Å². The fraction of sp³-hybridized carbons (Fsp3) is 0.409. The van der Waals surface area contributed by atoms with Crippen LogP contribution in [0, 0.1) is 12.7 Å². The number of esters is 2. The molecule has 0 radical (unpaired) electrons. The van der Waals surface area contributed by atoms with Gasteiger partial charge in [-0.1, -0.05) is 23.7 Å². The highest BCUT2D eigenvalue weighted by molar-refractivity contribution is 6.62. The van der Waals surface area contributed by atoms with E-state index in [0.29, 0.717) is 10.6 Å². The molecule has 1 fully saturated rings. The van der Waals surface area contributed by atoms with E-state index >= 15 is 0 Å². The quantitative estimate of drug-likeness (QED) is 0.281. The highest BCUT2D eigenvalue weighted by atomic mass is 35.5. The molecule has 0 unspecified atom stereocenters. The van der Waals surface area contributed by atoms with Crippen LogP contribution in [0.5, 0.6) is 0 Å². The van der Waals surface area contributed by atoms with Gasteiger partial charge in [-0.2, -0.15) is 0 Å². The molecule has 0 atom stereocenters. The fourth-order valence-electron chi connectivity index (χ4n) is 2.61. The van der Waals surface area contributed by atoms with Gasteiger partial charge in [0, 0.05) is 19.5 Å². The van der Waals surface area contributed by atoms with Gasteiger partial charge in [0.05, 0.1) is 11.2 Å². The molecule has 2 N–H and O–H groups in total. The fourth-order valence-corrected chi connectivity index (χ4v) is 2.87. The van der Waals surface area contributed by atoms with Crippen molar-refractivity contribution in [2.45, 2.75) is 59.7 Å². The summed E-state index contributed by atoms with van der Waals surface area (Å²) in [5.74, 6) is -1.51. The van der Waals surface area contributed by atoms with Gasteiger partial charge in [-0.15, -0.1) is 0 Å². The molecule has 0 aliphatic carbocycles. The standard InChI is InChI=1S/C12H17BClNO2.C6H6BFO2.C4H6O3/c1-8-6-9(7-10(14)15-8)13-16-11(2,3)12(4,5)17-13;8-6-3-1-5(2-4-6)7(9)10;1-3(5)7-4(2)6/h6-7H,1-5H3;1-4,9-10H;1-2H3. The Labute approximate surface area is 204 Å². The van der Waals surface area contributed by atoms with Crippen LogP contribution in [0.15, 0.2) is 36.4 Å². The van der Waals surface area contributed by atoms with Crippen molar-refractivity contribution in [2.24, 2.45) is 0 Å². The molecule has 2 aromatic rings. The molecule has 34 heavy (non-hydrogen) atoms.